The molecule has 5 heteroatoms. The topological polar surface area (TPSA) is 54.6 Å². The number of rotatable bonds is 1. The predicted octanol–water partition coefficient (Wildman–Crippen LogP) is 1.69. The Morgan fingerprint density at radius 1 is 1.54 bits per heavy atom. The summed E-state index contributed by atoms with van der Waals surface area (Å²) in [7, 11) is 0. The number of carbonyl (C=O) groups is 1. The van der Waals surface area contributed by atoms with Crippen molar-refractivity contribution in [1.29, 1.82) is 0 Å². The first-order chi connectivity index (χ1) is 6.18. The maximum Gasteiger partial charge on any atom is 0.352 e. The van der Waals surface area contributed by atoms with E-state index in [0.29, 0.717) is 10.5 Å². The highest BCUT2D eigenvalue weighted by Gasteiger charge is 2.09. The number of imidazole rings is 1. The minimum absolute atomic E-state index is 0.111. The van der Waals surface area contributed by atoms with Crippen LogP contribution in [0.1, 0.15) is 10.5 Å². The van der Waals surface area contributed by atoms with Gasteiger partial charge in [-0.3, -0.25) is 4.40 Å². The molecule has 0 unspecified atom stereocenters. The summed E-state index contributed by atoms with van der Waals surface area (Å²) in [6.45, 7) is 0. The Kier molecular flexibility index (Phi) is 1.70. The van der Waals surface area contributed by atoms with Gasteiger partial charge in [0.15, 0.2) is 0 Å². The third-order valence-corrected chi connectivity index (χ3v) is 1.92. The van der Waals surface area contributed by atoms with Crippen LogP contribution in [0, 0.1) is 0 Å². The molecule has 2 rings (SSSR count). The highest BCUT2D eigenvalue weighted by molar-refractivity contribution is 6.31. The van der Waals surface area contributed by atoms with Gasteiger partial charge in [0.25, 0.3) is 0 Å². The molecule has 2 aromatic heterocycles. The highest BCUT2D eigenvalue weighted by Crippen LogP contribution is 2.15. The molecule has 0 spiro atoms. The molecule has 0 bridgehead atoms. The molecule has 1 N–H and O–H groups in total. The lowest BCUT2D eigenvalue weighted by atomic mass is 10.3. The van der Waals surface area contributed by atoms with E-state index >= 15 is 0 Å². The predicted molar refractivity (Wildman–Crippen MR) is 47.2 cm³/mol. The normalized spacial score (nSPS) is 10.5. The number of hydrogen-bond acceptors (Lipinski definition) is 2. The van der Waals surface area contributed by atoms with E-state index in [1.165, 1.54) is 16.8 Å². The van der Waals surface area contributed by atoms with Crippen LogP contribution in [-0.2, 0) is 0 Å². The van der Waals surface area contributed by atoms with E-state index in [9.17, 15) is 4.79 Å². The van der Waals surface area contributed by atoms with Crippen molar-refractivity contribution in [3.63, 3.8) is 0 Å². The van der Waals surface area contributed by atoms with Gasteiger partial charge in [0.2, 0.25) is 0 Å². The lowest BCUT2D eigenvalue weighted by Gasteiger charge is -2.00. The van der Waals surface area contributed by atoms with E-state index in [0.717, 1.165) is 0 Å². The van der Waals surface area contributed by atoms with Crippen LogP contribution < -0.4 is 0 Å². The average Bonchev–Trinajstić information content (AvgIpc) is 2.49. The van der Waals surface area contributed by atoms with E-state index in [4.69, 9.17) is 16.7 Å². The standard InChI is InChI=1S/C8H5ClN2O2/c9-5-1-6-3-10-4-11(6)7(2-5)8(12)13/h1-4H,(H,12,13). The van der Waals surface area contributed by atoms with Crippen molar-refractivity contribution >= 4 is 23.1 Å². The molecule has 0 saturated carbocycles. The minimum atomic E-state index is -1.02. The number of aromatic nitrogens is 2. The van der Waals surface area contributed by atoms with Crippen LogP contribution in [-0.4, -0.2) is 20.5 Å². The highest BCUT2D eigenvalue weighted by atomic mass is 35.5. The lowest BCUT2D eigenvalue weighted by molar-refractivity contribution is 0.0689. The Bertz CT molecular complexity index is 478. The Hall–Kier alpha value is -1.55. The van der Waals surface area contributed by atoms with Crippen molar-refractivity contribution < 1.29 is 9.90 Å². The zero-order chi connectivity index (χ0) is 9.42. The molecule has 0 aliphatic heterocycles. The number of hydrogen-bond donors (Lipinski definition) is 1. The molecule has 0 aromatic carbocycles. The van der Waals surface area contributed by atoms with Gasteiger partial charge in [0.1, 0.15) is 5.69 Å². The molecule has 0 aliphatic rings. The van der Waals surface area contributed by atoms with Crippen molar-refractivity contribution in [1.82, 2.24) is 9.38 Å². The van der Waals surface area contributed by atoms with E-state index < -0.39 is 5.97 Å². The minimum Gasteiger partial charge on any atom is -0.477 e. The second-order valence-corrected chi connectivity index (χ2v) is 2.99. The van der Waals surface area contributed by atoms with Gasteiger partial charge in [-0.25, -0.2) is 9.78 Å². The first kappa shape index (κ1) is 8.07. The van der Waals surface area contributed by atoms with Crippen LogP contribution in [0.25, 0.3) is 5.52 Å². The largest absolute Gasteiger partial charge is 0.477 e. The maximum atomic E-state index is 10.8. The first-order valence-electron chi connectivity index (χ1n) is 3.53. The fraction of sp³-hybridized carbons (Fsp3) is 0. The smallest absolute Gasteiger partial charge is 0.352 e. The van der Waals surface area contributed by atoms with Gasteiger partial charge in [-0.15, -0.1) is 0 Å². The Morgan fingerprint density at radius 3 is 3.00 bits per heavy atom. The van der Waals surface area contributed by atoms with E-state index in [1.807, 2.05) is 0 Å². The summed E-state index contributed by atoms with van der Waals surface area (Å²) in [6.07, 6.45) is 2.99. The number of fused-ring (bicyclic) bond motifs is 1. The van der Waals surface area contributed by atoms with Crippen LogP contribution in [0.2, 0.25) is 5.02 Å². The quantitative estimate of drug-likeness (QED) is 0.755. The summed E-state index contributed by atoms with van der Waals surface area (Å²) in [5.74, 6) is -1.02. The zero-order valence-electron chi connectivity index (χ0n) is 6.44. The first-order valence-corrected chi connectivity index (χ1v) is 3.91. The summed E-state index contributed by atoms with van der Waals surface area (Å²) >= 11 is 5.72. The molecule has 0 saturated heterocycles. The van der Waals surface area contributed by atoms with Gasteiger partial charge in [-0.1, -0.05) is 11.6 Å². The fourth-order valence-corrected chi connectivity index (χ4v) is 1.38. The number of aromatic carboxylic acids is 1. The second kappa shape index (κ2) is 2.74. The Balaban J connectivity index is 2.84. The van der Waals surface area contributed by atoms with Gasteiger partial charge in [-0.05, 0) is 12.1 Å². The number of pyridine rings is 1. The van der Waals surface area contributed by atoms with Crippen molar-refractivity contribution in [2.24, 2.45) is 0 Å². The van der Waals surface area contributed by atoms with Crippen LogP contribution in [0.15, 0.2) is 24.7 Å². The lowest BCUT2D eigenvalue weighted by Crippen LogP contribution is -2.03. The molecule has 13 heavy (non-hydrogen) atoms. The molecular formula is C8H5ClN2O2. The third kappa shape index (κ3) is 1.25. The van der Waals surface area contributed by atoms with Gasteiger partial charge in [0.05, 0.1) is 18.0 Å². The summed E-state index contributed by atoms with van der Waals surface area (Å²) in [5, 5.41) is 9.21. The van der Waals surface area contributed by atoms with E-state index in [1.54, 1.807) is 12.3 Å². The molecule has 4 nitrogen and oxygen atoms in total. The molecule has 0 radical (unpaired) electrons. The zero-order valence-corrected chi connectivity index (χ0v) is 7.19. The molecule has 0 aliphatic carbocycles. The van der Waals surface area contributed by atoms with Gasteiger partial charge in [0, 0.05) is 5.02 Å². The van der Waals surface area contributed by atoms with Crippen LogP contribution >= 0.6 is 11.6 Å². The van der Waals surface area contributed by atoms with Crippen molar-refractivity contribution in [3.05, 3.63) is 35.4 Å². The van der Waals surface area contributed by atoms with Crippen LogP contribution in [0.3, 0.4) is 0 Å². The molecular weight excluding hydrogens is 192 g/mol. The fourth-order valence-electron chi connectivity index (χ4n) is 1.16. The van der Waals surface area contributed by atoms with Gasteiger partial charge >= 0.3 is 5.97 Å². The number of carboxylic acids is 1. The Labute approximate surface area is 78.4 Å². The summed E-state index contributed by atoms with van der Waals surface area (Å²) < 4.78 is 1.47. The second-order valence-electron chi connectivity index (χ2n) is 2.55. The summed E-state index contributed by atoms with van der Waals surface area (Å²) in [6, 6.07) is 3.04. The molecule has 2 heterocycles. The monoisotopic (exact) mass is 196 g/mol. The van der Waals surface area contributed by atoms with Crippen molar-refractivity contribution in [2.75, 3.05) is 0 Å². The van der Waals surface area contributed by atoms with Crippen molar-refractivity contribution in [3.8, 4) is 0 Å². The van der Waals surface area contributed by atoms with E-state index in [-0.39, 0.29) is 5.69 Å². The van der Waals surface area contributed by atoms with Gasteiger partial charge in [-0.2, -0.15) is 0 Å². The average molecular weight is 197 g/mol. The third-order valence-electron chi connectivity index (χ3n) is 1.71. The molecule has 0 fully saturated rings. The van der Waals surface area contributed by atoms with Crippen LogP contribution in [0.4, 0.5) is 0 Å². The number of carboxylic acid groups (broad SMARTS) is 1. The Morgan fingerprint density at radius 2 is 2.31 bits per heavy atom. The maximum absolute atomic E-state index is 10.8. The number of halogens is 1. The van der Waals surface area contributed by atoms with Gasteiger partial charge < -0.3 is 5.11 Å². The number of nitrogens with zero attached hydrogens (tertiary/aromatic N) is 2. The van der Waals surface area contributed by atoms with Crippen molar-refractivity contribution in [2.45, 2.75) is 0 Å². The van der Waals surface area contributed by atoms with Crippen LogP contribution in [0.5, 0.6) is 0 Å². The SMILES string of the molecule is O=C(O)c1cc(Cl)cc2cncn12. The molecule has 0 amide bonds. The molecule has 0 atom stereocenters. The molecule has 2 aromatic rings. The van der Waals surface area contributed by atoms with E-state index in [2.05, 4.69) is 4.98 Å². The molecule has 66 valence electrons. The summed E-state index contributed by atoms with van der Waals surface area (Å²) in [4.78, 5) is 14.6. The summed E-state index contributed by atoms with van der Waals surface area (Å²) in [5.41, 5.74) is 0.782.